The third-order valence-corrected chi connectivity index (χ3v) is 7.87. The summed E-state index contributed by atoms with van der Waals surface area (Å²) in [5.74, 6) is -0.0385. The molecule has 2 aliphatic rings. The van der Waals surface area contributed by atoms with E-state index in [0.29, 0.717) is 17.3 Å². The van der Waals surface area contributed by atoms with Crippen LogP contribution in [0.4, 0.5) is 0 Å². The van der Waals surface area contributed by atoms with E-state index >= 15 is 0 Å². The van der Waals surface area contributed by atoms with Crippen LogP contribution in [0.25, 0.3) is 0 Å². The smallest absolute Gasteiger partial charge is 0.253 e. The largest absolute Gasteiger partial charge is 0.341 e. The molecule has 0 radical (unpaired) electrons. The van der Waals surface area contributed by atoms with Gasteiger partial charge in [0.25, 0.3) is 10.0 Å². The van der Waals surface area contributed by atoms with Crippen molar-refractivity contribution in [2.45, 2.75) is 42.4 Å². The van der Waals surface area contributed by atoms with Crippen LogP contribution in [-0.2, 0) is 14.8 Å². The molecule has 1 atom stereocenters. The molecular formula is C14H19ClN2O3S2. The van der Waals surface area contributed by atoms with Crippen LogP contribution in [0.2, 0.25) is 4.34 Å². The summed E-state index contributed by atoms with van der Waals surface area (Å²) in [6.45, 7) is 1.89. The quantitative estimate of drug-likeness (QED) is 0.830. The maximum atomic E-state index is 12.8. The van der Waals surface area contributed by atoms with E-state index < -0.39 is 16.1 Å². The molecule has 5 nitrogen and oxygen atoms in total. The number of amides is 1. The van der Waals surface area contributed by atoms with E-state index in [1.807, 2.05) is 0 Å². The Morgan fingerprint density at radius 2 is 1.82 bits per heavy atom. The van der Waals surface area contributed by atoms with Crippen molar-refractivity contribution >= 4 is 38.9 Å². The van der Waals surface area contributed by atoms with Gasteiger partial charge in [0, 0.05) is 19.6 Å². The van der Waals surface area contributed by atoms with Crippen molar-refractivity contribution in [3.05, 3.63) is 16.5 Å². The Morgan fingerprint density at radius 3 is 2.45 bits per heavy atom. The van der Waals surface area contributed by atoms with Gasteiger partial charge in [-0.3, -0.25) is 4.79 Å². The zero-order valence-corrected chi connectivity index (χ0v) is 14.6. The molecule has 0 saturated carbocycles. The first-order valence-corrected chi connectivity index (χ1v) is 10.2. The average molecular weight is 363 g/mol. The van der Waals surface area contributed by atoms with Gasteiger partial charge in [0.2, 0.25) is 5.91 Å². The number of piperidine rings is 1. The summed E-state index contributed by atoms with van der Waals surface area (Å²) in [6, 6.07) is 2.55. The Kier molecular flexibility index (Phi) is 4.77. The standard InChI is InChI=1S/C14H19ClN2O3S2/c15-12-6-7-13(21-12)22(19,20)17-10-2-1-5-11(17)14(18)16-8-3-4-9-16/h6-7,11H,1-5,8-10H2. The summed E-state index contributed by atoms with van der Waals surface area (Å²) < 4.78 is 27.7. The molecule has 2 saturated heterocycles. The van der Waals surface area contributed by atoms with Crippen molar-refractivity contribution in [2.24, 2.45) is 0 Å². The van der Waals surface area contributed by atoms with Crippen molar-refractivity contribution in [1.82, 2.24) is 9.21 Å². The predicted octanol–water partition coefficient (Wildman–Crippen LogP) is 2.57. The Labute approximate surface area is 139 Å². The fraction of sp³-hybridized carbons (Fsp3) is 0.643. The molecule has 3 rings (SSSR count). The van der Waals surface area contributed by atoms with Gasteiger partial charge in [-0.25, -0.2) is 8.42 Å². The summed E-state index contributed by atoms with van der Waals surface area (Å²) in [7, 11) is -3.65. The number of carbonyl (C=O) groups is 1. The van der Waals surface area contributed by atoms with Gasteiger partial charge in [-0.1, -0.05) is 18.0 Å². The Balaban J connectivity index is 1.87. The van der Waals surface area contributed by atoms with E-state index in [-0.39, 0.29) is 10.1 Å². The minimum atomic E-state index is -3.65. The van der Waals surface area contributed by atoms with Crippen LogP contribution in [0.5, 0.6) is 0 Å². The van der Waals surface area contributed by atoms with Gasteiger partial charge in [0.1, 0.15) is 10.3 Å². The number of hydrogen-bond donors (Lipinski definition) is 0. The Bertz CT molecular complexity index is 653. The SMILES string of the molecule is O=C(C1CCCCN1S(=O)(=O)c1ccc(Cl)s1)N1CCCC1. The number of likely N-dealkylation sites (tertiary alicyclic amines) is 1. The first-order valence-electron chi connectivity index (χ1n) is 7.56. The number of carbonyl (C=O) groups excluding carboxylic acids is 1. The average Bonchev–Trinajstić information content (AvgIpc) is 3.18. The highest BCUT2D eigenvalue weighted by Crippen LogP contribution is 2.32. The number of rotatable bonds is 3. The molecule has 8 heteroatoms. The maximum absolute atomic E-state index is 12.8. The minimum absolute atomic E-state index is 0.0385. The zero-order valence-electron chi connectivity index (χ0n) is 12.2. The van der Waals surface area contributed by atoms with E-state index in [1.165, 1.54) is 10.4 Å². The number of nitrogens with zero attached hydrogens (tertiary/aromatic N) is 2. The van der Waals surface area contributed by atoms with Gasteiger partial charge < -0.3 is 4.90 Å². The molecule has 22 heavy (non-hydrogen) atoms. The molecule has 3 heterocycles. The van der Waals surface area contributed by atoms with E-state index in [2.05, 4.69) is 0 Å². The molecule has 0 aromatic carbocycles. The molecule has 2 fully saturated rings. The third-order valence-electron chi connectivity index (χ3n) is 4.27. The van der Waals surface area contributed by atoms with Crippen molar-refractivity contribution in [1.29, 1.82) is 0 Å². The molecule has 0 spiro atoms. The molecule has 1 amide bonds. The summed E-state index contributed by atoms with van der Waals surface area (Å²) in [4.78, 5) is 14.5. The monoisotopic (exact) mass is 362 g/mol. The van der Waals surface area contributed by atoms with Crippen LogP contribution in [0.1, 0.15) is 32.1 Å². The van der Waals surface area contributed by atoms with Gasteiger partial charge >= 0.3 is 0 Å². The van der Waals surface area contributed by atoms with Crippen molar-refractivity contribution < 1.29 is 13.2 Å². The number of sulfonamides is 1. The molecule has 0 bridgehead atoms. The van der Waals surface area contributed by atoms with Crippen LogP contribution in [0, 0.1) is 0 Å². The van der Waals surface area contributed by atoms with Crippen LogP contribution in [0.3, 0.4) is 0 Å². The highest BCUT2D eigenvalue weighted by atomic mass is 35.5. The van der Waals surface area contributed by atoms with Crippen molar-refractivity contribution in [2.75, 3.05) is 19.6 Å². The lowest BCUT2D eigenvalue weighted by Crippen LogP contribution is -2.52. The van der Waals surface area contributed by atoms with E-state index in [1.54, 1.807) is 11.0 Å². The summed E-state index contributed by atoms with van der Waals surface area (Å²) in [5, 5.41) is 0. The molecule has 2 aliphatic heterocycles. The van der Waals surface area contributed by atoms with Crippen LogP contribution < -0.4 is 0 Å². The number of hydrogen-bond acceptors (Lipinski definition) is 4. The topological polar surface area (TPSA) is 57.7 Å². The van der Waals surface area contributed by atoms with E-state index in [9.17, 15) is 13.2 Å². The maximum Gasteiger partial charge on any atom is 0.253 e. The van der Waals surface area contributed by atoms with Crippen LogP contribution in [-0.4, -0.2) is 49.2 Å². The van der Waals surface area contributed by atoms with Crippen LogP contribution in [0.15, 0.2) is 16.3 Å². The molecule has 0 N–H and O–H groups in total. The number of thiophene rings is 1. The molecule has 1 unspecified atom stereocenters. The predicted molar refractivity (Wildman–Crippen MR) is 86.7 cm³/mol. The van der Waals surface area contributed by atoms with Gasteiger partial charge in [-0.15, -0.1) is 11.3 Å². The number of halogens is 1. The highest BCUT2D eigenvalue weighted by Gasteiger charge is 2.40. The Hall–Kier alpha value is -0.630. The molecular weight excluding hydrogens is 344 g/mol. The lowest BCUT2D eigenvalue weighted by atomic mass is 10.0. The van der Waals surface area contributed by atoms with Gasteiger partial charge in [0.05, 0.1) is 4.34 Å². The lowest BCUT2D eigenvalue weighted by Gasteiger charge is -2.35. The normalized spacial score (nSPS) is 23.9. The fourth-order valence-electron chi connectivity index (χ4n) is 3.14. The van der Waals surface area contributed by atoms with E-state index in [4.69, 9.17) is 11.6 Å². The summed E-state index contributed by atoms with van der Waals surface area (Å²) in [6.07, 6.45) is 4.30. The molecule has 1 aromatic rings. The second-order valence-corrected chi connectivity index (χ2v) is 9.55. The summed E-state index contributed by atoms with van der Waals surface area (Å²) >= 11 is 6.91. The Morgan fingerprint density at radius 1 is 1.14 bits per heavy atom. The first kappa shape index (κ1) is 16.2. The van der Waals surface area contributed by atoms with E-state index in [0.717, 1.165) is 50.1 Å². The summed E-state index contributed by atoms with van der Waals surface area (Å²) in [5.41, 5.74) is 0. The van der Waals surface area contributed by atoms with Crippen molar-refractivity contribution in [3.8, 4) is 0 Å². The fourth-order valence-corrected chi connectivity index (χ4v) is 6.40. The minimum Gasteiger partial charge on any atom is -0.341 e. The van der Waals surface area contributed by atoms with Gasteiger partial charge in [-0.05, 0) is 37.8 Å². The zero-order chi connectivity index (χ0) is 15.7. The second-order valence-electron chi connectivity index (χ2n) is 5.72. The second kappa shape index (κ2) is 6.47. The van der Waals surface area contributed by atoms with Crippen molar-refractivity contribution in [3.63, 3.8) is 0 Å². The first-order chi connectivity index (χ1) is 10.5. The molecule has 0 aliphatic carbocycles. The van der Waals surface area contributed by atoms with Crippen LogP contribution >= 0.6 is 22.9 Å². The molecule has 1 aromatic heterocycles. The third kappa shape index (κ3) is 3.04. The molecule has 122 valence electrons. The van der Waals surface area contributed by atoms with Gasteiger partial charge in [0.15, 0.2) is 0 Å². The highest BCUT2D eigenvalue weighted by molar-refractivity contribution is 7.91. The lowest BCUT2D eigenvalue weighted by molar-refractivity contribution is -0.135. The van der Waals surface area contributed by atoms with Gasteiger partial charge in [-0.2, -0.15) is 4.31 Å².